The fraction of sp³-hybridized carbons (Fsp3) is 0.438. The lowest BCUT2D eigenvalue weighted by Gasteiger charge is -2.21. The van der Waals surface area contributed by atoms with E-state index in [1.54, 1.807) is 0 Å². The molecule has 0 amide bonds. The molecule has 1 N–H and O–H groups in total. The van der Waals surface area contributed by atoms with Crippen LogP contribution in [0.25, 0.3) is 10.9 Å². The van der Waals surface area contributed by atoms with Gasteiger partial charge in [0.15, 0.2) is 5.43 Å². The van der Waals surface area contributed by atoms with Crippen LogP contribution in [0.4, 0.5) is 5.69 Å². The number of aromatic amines is 1. The number of pyridine rings is 1. The normalized spacial score (nSPS) is 13.8. The maximum Gasteiger partial charge on any atom is 0.192 e. The van der Waals surface area contributed by atoms with Crippen LogP contribution in [0, 0.1) is 0 Å². The summed E-state index contributed by atoms with van der Waals surface area (Å²) in [5.74, 6) is 0. The number of nitrogens with zero attached hydrogens (tertiary/aromatic N) is 1. The minimum absolute atomic E-state index is 0.232. The van der Waals surface area contributed by atoms with E-state index in [2.05, 4.69) is 29.8 Å². The minimum Gasteiger partial charge on any atom is -0.372 e. The van der Waals surface area contributed by atoms with Gasteiger partial charge in [0.25, 0.3) is 0 Å². The maximum atomic E-state index is 12.5. The van der Waals surface area contributed by atoms with Crippen molar-refractivity contribution in [2.45, 2.75) is 33.1 Å². The summed E-state index contributed by atoms with van der Waals surface area (Å²) >= 11 is 0. The molecule has 1 aliphatic carbocycles. The second-order valence-electron chi connectivity index (χ2n) is 5.17. The molecule has 0 fully saturated rings. The molecule has 2 aromatic rings. The minimum atomic E-state index is 0.232. The maximum absolute atomic E-state index is 12.5. The first kappa shape index (κ1) is 12.3. The lowest BCUT2D eigenvalue weighted by molar-refractivity contribution is 0.867. The topological polar surface area (TPSA) is 36.1 Å². The van der Waals surface area contributed by atoms with Crippen LogP contribution in [-0.4, -0.2) is 18.1 Å². The molecule has 0 bridgehead atoms. The molecule has 0 atom stereocenters. The lowest BCUT2D eigenvalue weighted by atomic mass is 10.1. The molecule has 100 valence electrons. The van der Waals surface area contributed by atoms with E-state index in [1.807, 2.05) is 12.1 Å². The summed E-state index contributed by atoms with van der Waals surface area (Å²) in [7, 11) is 0. The number of aryl methyl sites for hydroxylation is 1. The smallest absolute Gasteiger partial charge is 0.192 e. The van der Waals surface area contributed by atoms with Crippen molar-refractivity contribution in [3.05, 3.63) is 39.7 Å². The van der Waals surface area contributed by atoms with Crippen molar-refractivity contribution in [3.8, 4) is 0 Å². The molecule has 3 nitrogen and oxygen atoms in total. The molecule has 0 radical (unpaired) electrons. The number of rotatable bonds is 3. The predicted octanol–water partition coefficient (Wildman–Crippen LogP) is 2.86. The van der Waals surface area contributed by atoms with Crippen LogP contribution in [0.15, 0.2) is 23.0 Å². The van der Waals surface area contributed by atoms with Crippen molar-refractivity contribution in [1.82, 2.24) is 4.98 Å². The number of aromatic nitrogens is 1. The molecule has 0 spiro atoms. The highest BCUT2D eigenvalue weighted by atomic mass is 16.1. The number of H-pyrrole nitrogens is 1. The van der Waals surface area contributed by atoms with Crippen molar-refractivity contribution >= 4 is 16.6 Å². The lowest BCUT2D eigenvalue weighted by Crippen LogP contribution is -2.22. The molecule has 0 unspecified atom stereocenters. The largest absolute Gasteiger partial charge is 0.372 e. The zero-order valence-electron chi connectivity index (χ0n) is 11.6. The van der Waals surface area contributed by atoms with Crippen LogP contribution in [0.3, 0.4) is 0 Å². The Morgan fingerprint density at radius 1 is 1.21 bits per heavy atom. The number of nitrogens with one attached hydrogen (secondary N) is 1. The molecule has 0 aliphatic heterocycles. The Morgan fingerprint density at radius 3 is 2.74 bits per heavy atom. The summed E-state index contributed by atoms with van der Waals surface area (Å²) in [6.07, 6.45) is 3.04. The van der Waals surface area contributed by atoms with Gasteiger partial charge in [0.05, 0.1) is 0 Å². The first-order valence-corrected chi connectivity index (χ1v) is 7.17. The summed E-state index contributed by atoms with van der Waals surface area (Å²) in [6.45, 7) is 6.21. The third kappa shape index (κ3) is 1.93. The van der Waals surface area contributed by atoms with Gasteiger partial charge >= 0.3 is 0 Å². The number of benzene rings is 1. The monoisotopic (exact) mass is 256 g/mol. The summed E-state index contributed by atoms with van der Waals surface area (Å²) < 4.78 is 0. The van der Waals surface area contributed by atoms with E-state index in [4.69, 9.17) is 0 Å². The van der Waals surface area contributed by atoms with Gasteiger partial charge in [-0.2, -0.15) is 0 Å². The van der Waals surface area contributed by atoms with Gasteiger partial charge in [-0.15, -0.1) is 0 Å². The zero-order valence-corrected chi connectivity index (χ0v) is 11.6. The van der Waals surface area contributed by atoms with Gasteiger partial charge in [-0.1, -0.05) is 0 Å². The van der Waals surface area contributed by atoms with Crippen LogP contribution in [0.1, 0.15) is 31.5 Å². The van der Waals surface area contributed by atoms with E-state index in [0.717, 1.165) is 60.2 Å². The predicted molar refractivity (Wildman–Crippen MR) is 80.2 cm³/mol. The van der Waals surface area contributed by atoms with Crippen molar-refractivity contribution < 1.29 is 0 Å². The van der Waals surface area contributed by atoms with Crippen molar-refractivity contribution in [1.29, 1.82) is 0 Å². The molecular formula is C16H20N2O. The van der Waals surface area contributed by atoms with Gasteiger partial charge in [0, 0.05) is 40.9 Å². The average molecular weight is 256 g/mol. The standard InChI is InChI=1S/C16H20N2O/c1-3-18(4-2)11-8-9-15-13(10-11)16(19)12-6-5-7-14(12)17-15/h8-10H,3-7H2,1-2H3,(H,17,19). The third-order valence-electron chi connectivity index (χ3n) is 4.15. The third-order valence-corrected chi connectivity index (χ3v) is 4.15. The molecule has 1 heterocycles. The molecule has 3 rings (SSSR count). The van der Waals surface area contributed by atoms with E-state index < -0.39 is 0 Å². The Morgan fingerprint density at radius 2 is 2.00 bits per heavy atom. The SMILES string of the molecule is CCN(CC)c1ccc2[nH]c3c(c(=O)c2c1)CCC3. The van der Waals surface area contributed by atoms with E-state index in [0.29, 0.717) is 0 Å². The summed E-state index contributed by atoms with van der Waals surface area (Å²) in [5.41, 5.74) is 4.50. The highest BCUT2D eigenvalue weighted by molar-refractivity contribution is 5.83. The van der Waals surface area contributed by atoms with E-state index in [1.165, 1.54) is 0 Å². The second kappa shape index (κ2) is 4.72. The Balaban J connectivity index is 2.20. The van der Waals surface area contributed by atoms with Gasteiger partial charge < -0.3 is 9.88 Å². The highest BCUT2D eigenvalue weighted by Gasteiger charge is 2.17. The fourth-order valence-corrected chi connectivity index (χ4v) is 3.07. The van der Waals surface area contributed by atoms with Gasteiger partial charge in [0.1, 0.15) is 0 Å². The van der Waals surface area contributed by atoms with Gasteiger partial charge in [-0.25, -0.2) is 0 Å². The molecule has 0 saturated carbocycles. The Kier molecular flexibility index (Phi) is 3.05. The number of anilines is 1. The molecule has 3 heteroatoms. The Labute approximate surface area is 113 Å². The molecule has 1 aromatic heterocycles. The average Bonchev–Trinajstić information content (AvgIpc) is 2.89. The van der Waals surface area contributed by atoms with Gasteiger partial charge in [0.2, 0.25) is 0 Å². The summed E-state index contributed by atoms with van der Waals surface area (Å²) in [5, 5.41) is 0.838. The quantitative estimate of drug-likeness (QED) is 0.916. The Hall–Kier alpha value is -1.77. The van der Waals surface area contributed by atoms with E-state index in [9.17, 15) is 4.79 Å². The first-order chi connectivity index (χ1) is 9.24. The molecular weight excluding hydrogens is 236 g/mol. The number of fused-ring (bicyclic) bond motifs is 2. The molecule has 19 heavy (non-hydrogen) atoms. The zero-order chi connectivity index (χ0) is 13.4. The number of hydrogen-bond acceptors (Lipinski definition) is 2. The first-order valence-electron chi connectivity index (χ1n) is 7.17. The van der Waals surface area contributed by atoms with Gasteiger partial charge in [-0.3, -0.25) is 4.79 Å². The highest BCUT2D eigenvalue weighted by Crippen LogP contribution is 2.23. The van der Waals surface area contributed by atoms with Crippen molar-refractivity contribution in [2.75, 3.05) is 18.0 Å². The van der Waals surface area contributed by atoms with E-state index >= 15 is 0 Å². The number of hydrogen-bond donors (Lipinski definition) is 1. The van der Waals surface area contributed by atoms with Crippen molar-refractivity contribution in [3.63, 3.8) is 0 Å². The molecule has 0 saturated heterocycles. The van der Waals surface area contributed by atoms with Crippen LogP contribution in [-0.2, 0) is 12.8 Å². The second-order valence-corrected chi connectivity index (χ2v) is 5.17. The molecule has 1 aliphatic rings. The van der Waals surface area contributed by atoms with Crippen LogP contribution in [0.5, 0.6) is 0 Å². The summed E-state index contributed by atoms with van der Waals surface area (Å²) in [4.78, 5) is 18.2. The van der Waals surface area contributed by atoms with Crippen molar-refractivity contribution in [2.24, 2.45) is 0 Å². The van der Waals surface area contributed by atoms with Crippen LogP contribution < -0.4 is 10.3 Å². The summed E-state index contributed by atoms with van der Waals surface area (Å²) in [6, 6.07) is 6.19. The fourth-order valence-electron chi connectivity index (χ4n) is 3.07. The van der Waals surface area contributed by atoms with Crippen LogP contribution in [0.2, 0.25) is 0 Å². The molecule has 1 aromatic carbocycles. The van der Waals surface area contributed by atoms with E-state index in [-0.39, 0.29) is 5.43 Å². The van der Waals surface area contributed by atoms with Gasteiger partial charge in [-0.05, 0) is 51.3 Å². The Bertz CT molecular complexity index is 668. The van der Waals surface area contributed by atoms with Crippen LogP contribution >= 0.6 is 0 Å².